The molecule has 200 valence electrons. The topological polar surface area (TPSA) is 97.4 Å². The molecule has 10 heteroatoms. The van der Waals surface area contributed by atoms with Crippen LogP contribution in [0.2, 0.25) is 0 Å². The lowest BCUT2D eigenvalue weighted by atomic mass is 10.1. The summed E-state index contributed by atoms with van der Waals surface area (Å²) in [7, 11) is -3.74. The van der Waals surface area contributed by atoms with Crippen LogP contribution >= 0.6 is 0 Å². The number of aryl methyl sites for hydroxylation is 2. The van der Waals surface area contributed by atoms with E-state index in [-0.39, 0.29) is 24.2 Å². The Bertz CT molecular complexity index is 1420. The quantitative estimate of drug-likeness (QED) is 0.469. The van der Waals surface area contributed by atoms with Gasteiger partial charge in [-0.3, -0.25) is 14.4 Å². The number of hydrogen-bond acceptors (Lipinski definition) is 7. The number of benzene rings is 3. The van der Waals surface area contributed by atoms with Crippen LogP contribution in [0, 0.1) is 13.8 Å². The molecule has 0 saturated carbocycles. The summed E-state index contributed by atoms with van der Waals surface area (Å²) in [6.45, 7) is 7.61. The van der Waals surface area contributed by atoms with Crippen molar-refractivity contribution in [2.75, 3.05) is 44.3 Å². The second-order valence-electron chi connectivity index (χ2n) is 9.51. The summed E-state index contributed by atoms with van der Waals surface area (Å²) >= 11 is 0. The molecule has 2 aliphatic heterocycles. The fraction of sp³-hybridized carbons (Fsp3) is 0.321. The van der Waals surface area contributed by atoms with Gasteiger partial charge < -0.3 is 19.1 Å². The van der Waals surface area contributed by atoms with Gasteiger partial charge in [0.1, 0.15) is 5.75 Å². The van der Waals surface area contributed by atoms with Gasteiger partial charge in [0.25, 0.3) is 15.9 Å². The molecule has 0 spiro atoms. The molecule has 0 bridgehead atoms. The normalized spacial score (nSPS) is 15.4. The zero-order chi connectivity index (χ0) is 26.7. The Morgan fingerprint density at radius 2 is 1.63 bits per heavy atom. The van der Waals surface area contributed by atoms with E-state index in [1.54, 1.807) is 29.2 Å². The first-order valence-corrected chi connectivity index (χ1v) is 14.0. The van der Waals surface area contributed by atoms with Crippen LogP contribution in [0.5, 0.6) is 17.2 Å². The summed E-state index contributed by atoms with van der Waals surface area (Å²) in [5, 5.41) is 0. The molecule has 38 heavy (non-hydrogen) atoms. The molecule has 3 aromatic rings. The first kappa shape index (κ1) is 25.9. The van der Waals surface area contributed by atoms with Gasteiger partial charge in [0, 0.05) is 38.4 Å². The molecule has 5 rings (SSSR count). The fourth-order valence-electron chi connectivity index (χ4n) is 4.42. The number of sulfonamides is 1. The third kappa shape index (κ3) is 6.03. The number of rotatable bonds is 8. The van der Waals surface area contributed by atoms with E-state index in [4.69, 9.17) is 14.2 Å². The standard InChI is InChI=1S/C28H31N3O6S/c1-20-3-5-23(15-21(20)2)29-38(33,34)25-8-6-24(7-9-25)35-18-28(32)31-13-11-30(12-14-31)17-22-4-10-26-27(16-22)37-19-36-26/h3-10,15-16,29H,11-14,17-19H2,1-2H3. The number of fused-ring (bicyclic) bond motifs is 1. The Balaban J connectivity index is 1.08. The molecule has 1 fully saturated rings. The Kier molecular flexibility index (Phi) is 7.44. The lowest BCUT2D eigenvalue weighted by molar-refractivity contribution is -0.135. The van der Waals surface area contributed by atoms with Gasteiger partial charge in [-0.15, -0.1) is 0 Å². The monoisotopic (exact) mass is 537 g/mol. The maximum atomic E-state index is 12.7. The highest BCUT2D eigenvalue weighted by Crippen LogP contribution is 2.33. The van der Waals surface area contributed by atoms with E-state index < -0.39 is 10.0 Å². The molecule has 9 nitrogen and oxygen atoms in total. The minimum Gasteiger partial charge on any atom is -0.484 e. The first-order chi connectivity index (χ1) is 18.3. The molecule has 3 aromatic carbocycles. The summed E-state index contributed by atoms with van der Waals surface area (Å²) in [5.41, 5.74) is 3.75. The van der Waals surface area contributed by atoms with Gasteiger partial charge in [0.05, 0.1) is 4.90 Å². The van der Waals surface area contributed by atoms with Crippen LogP contribution in [-0.4, -0.2) is 63.7 Å². The van der Waals surface area contributed by atoms with Crippen molar-refractivity contribution in [3.05, 3.63) is 77.4 Å². The molecule has 0 unspecified atom stereocenters. The molecular formula is C28H31N3O6S. The third-order valence-electron chi connectivity index (χ3n) is 6.82. The van der Waals surface area contributed by atoms with E-state index in [2.05, 4.69) is 9.62 Å². The fourth-order valence-corrected chi connectivity index (χ4v) is 5.47. The van der Waals surface area contributed by atoms with E-state index in [9.17, 15) is 13.2 Å². The van der Waals surface area contributed by atoms with Gasteiger partial charge in [0.2, 0.25) is 6.79 Å². The van der Waals surface area contributed by atoms with Crippen molar-refractivity contribution in [1.82, 2.24) is 9.80 Å². The summed E-state index contributed by atoms with van der Waals surface area (Å²) in [6, 6.07) is 17.4. The molecule has 1 saturated heterocycles. The summed E-state index contributed by atoms with van der Waals surface area (Å²) < 4.78 is 44.6. The van der Waals surface area contributed by atoms with Crippen molar-refractivity contribution < 1.29 is 27.4 Å². The second kappa shape index (κ2) is 10.9. The van der Waals surface area contributed by atoms with Crippen molar-refractivity contribution >= 4 is 21.6 Å². The van der Waals surface area contributed by atoms with Gasteiger partial charge in [0.15, 0.2) is 18.1 Å². The van der Waals surface area contributed by atoms with Crippen LogP contribution in [0.15, 0.2) is 65.6 Å². The smallest absolute Gasteiger partial charge is 0.261 e. The Labute approximate surface area is 223 Å². The van der Waals surface area contributed by atoms with E-state index in [0.29, 0.717) is 24.5 Å². The molecule has 1 N–H and O–H groups in total. The molecule has 0 radical (unpaired) electrons. The van der Waals surface area contributed by atoms with E-state index >= 15 is 0 Å². The number of nitrogens with zero attached hydrogens (tertiary/aromatic N) is 2. The number of amides is 1. The molecule has 0 aromatic heterocycles. The van der Waals surface area contributed by atoms with Crippen molar-refractivity contribution in [2.45, 2.75) is 25.3 Å². The van der Waals surface area contributed by atoms with E-state index in [1.807, 2.05) is 38.1 Å². The molecular weight excluding hydrogens is 506 g/mol. The molecule has 2 aliphatic rings. The highest BCUT2D eigenvalue weighted by atomic mass is 32.2. The zero-order valence-corrected chi connectivity index (χ0v) is 22.3. The molecule has 2 heterocycles. The number of ether oxygens (including phenoxy) is 3. The van der Waals surface area contributed by atoms with Crippen LogP contribution in [0.25, 0.3) is 0 Å². The van der Waals surface area contributed by atoms with Gasteiger partial charge in [-0.05, 0) is 79.1 Å². The Morgan fingerprint density at radius 3 is 2.37 bits per heavy atom. The Morgan fingerprint density at radius 1 is 0.895 bits per heavy atom. The highest BCUT2D eigenvalue weighted by Gasteiger charge is 2.22. The lowest BCUT2D eigenvalue weighted by Gasteiger charge is -2.34. The Hall–Kier alpha value is -3.76. The highest BCUT2D eigenvalue weighted by molar-refractivity contribution is 7.92. The number of nitrogens with one attached hydrogen (secondary N) is 1. The van der Waals surface area contributed by atoms with Crippen LogP contribution in [0.4, 0.5) is 5.69 Å². The summed E-state index contributed by atoms with van der Waals surface area (Å²) in [6.07, 6.45) is 0. The van der Waals surface area contributed by atoms with Crippen LogP contribution in [0.1, 0.15) is 16.7 Å². The molecule has 1 amide bonds. The number of carbonyl (C=O) groups excluding carboxylic acids is 1. The number of hydrogen-bond donors (Lipinski definition) is 1. The minimum absolute atomic E-state index is 0.0964. The van der Waals surface area contributed by atoms with Gasteiger partial charge in [-0.1, -0.05) is 12.1 Å². The maximum absolute atomic E-state index is 12.7. The first-order valence-electron chi connectivity index (χ1n) is 12.5. The van der Waals surface area contributed by atoms with Gasteiger partial charge in [-0.25, -0.2) is 8.42 Å². The third-order valence-corrected chi connectivity index (χ3v) is 8.22. The van der Waals surface area contributed by atoms with Crippen molar-refractivity contribution in [1.29, 1.82) is 0 Å². The largest absolute Gasteiger partial charge is 0.484 e. The van der Waals surface area contributed by atoms with Crippen LogP contribution in [-0.2, 0) is 21.4 Å². The van der Waals surface area contributed by atoms with Crippen molar-refractivity contribution in [3.8, 4) is 17.2 Å². The van der Waals surface area contributed by atoms with Gasteiger partial charge >= 0.3 is 0 Å². The molecule has 0 atom stereocenters. The number of anilines is 1. The van der Waals surface area contributed by atoms with Gasteiger partial charge in [-0.2, -0.15) is 0 Å². The second-order valence-corrected chi connectivity index (χ2v) is 11.2. The number of carbonyl (C=O) groups is 1. The average molecular weight is 538 g/mol. The van der Waals surface area contributed by atoms with E-state index in [0.717, 1.165) is 47.8 Å². The predicted molar refractivity (Wildman–Crippen MR) is 143 cm³/mol. The lowest BCUT2D eigenvalue weighted by Crippen LogP contribution is -2.49. The number of piperazine rings is 1. The minimum atomic E-state index is -3.74. The van der Waals surface area contributed by atoms with Crippen LogP contribution in [0.3, 0.4) is 0 Å². The average Bonchev–Trinajstić information content (AvgIpc) is 3.38. The van der Waals surface area contributed by atoms with Crippen LogP contribution < -0.4 is 18.9 Å². The van der Waals surface area contributed by atoms with E-state index in [1.165, 1.54) is 12.1 Å². The zero-order valence-electron chi connectivity index (χ0n) is 21.5. The SMILES string of the molecule is Cc1ccc(NS(=O)(=O)c2ccc(OCC(=O)N3CCN(Cc4ccc5c(c4)OCO5)CC3)cc2)cc1C. The van der Waals surface area contributed by atoms with Crippen molar-refractivity contribution in [3.63, 3.8) is 0 Å². The predicted octanol–water partition coefficient (Wildman–Crippen LogP) is 3.56. The maximum Gasteiger partial charge on any atom is 0.261 e. The summed E-state index contributed by atoms with van der Waals surface area (Å²) in [5.74, 6) is 1.89. The van der Waals surface area contributed by atoms with Crippen molar-refractivity contribution in [2.24, 2.45) is 0 Å². The molecule has 0 aliphatic carbocycles. The summed E-state index contributed by atoms with van der Waals surface area (Å²) in [4.78, 5) is 16.9.